The average molecular weight is 1370 g/mol. The number of aliphatic hydroxyl groups is 1. The van der Waals surface area contributed by atoms with Crippen molar-refractivity contribution in [2.75, 3.05) is 39.6 Å². The Morgan fingerprint density at radius 3 is 0.851 bits per heavy atom. The molecule has 19 heteroatoms. The van der Waals surface area contributed by atoms with E-state index in [9.17, 15) is 43.2 Å². The number of esters is 4. The van der Waals surface area contributed by atoms with Gasteiger partial charge in [-0.25, -0.2) is 9.13 Å². The third-order valence-electron chi connectivity index (χ3n) is 16.3. The largest absolute Gasteiger partial charge is 0.472 e. The quantitative estimate of drug-likeness (QED) is 0.0169. The summed E-state index contributed by atoms with van der Waals surface area (Å²) in [5, 5.41) is 10.6. The monoisotopic (exact) mass is 1370 g/mol. The normalized spacial score (nSPS) is 14.2. The first kappa shape index (κ1) is 91.0. The van der Waals surface area contributed by atoms with Crippen LogP contribution in [0.15, 0.2) is 48.6 Å². The molecular weight excluding hydrogens is 1230 g/mol. The fourth-order valence-corrected chi connectivity index (χ4v) is 12.1. The number of carbonyl (C=O) groups excluding carboxylic acids is 4. The number of allylic oxidation sites excluding steroid dienone is 8. The van der Waals surface area contributed by atoms with Crippen molar-refractivity contribution in [1.29, 1.82) is 0 Å². The van der Waals surface area contributed by atoms with E-state index in [0.717, 1.165) is 109 Å². The number of aliphatic hydroxyl groups excluding tert-OH is 1. The van der Waals surface area contributed by atoms with Crippen molar-refractivity contribution in [1.82, 2.24) is 0 Å². The molecule has 0 aromatic rings. The van der Waals surface area contributed by atoms with Crippen LogP contribution in [0.1, 0.15) is 349 Å². The maximum absolute atomic E-state index is 13.0. The first-order valence-electron chi connectivity index (χ1n) is 37.9. The molecule has 0 bridgehead atoms. The van der Waals surface area contributed by atoms with Gasteiger partial charge in [0.1, 0.15) is 19.3 Å². The van der Waals surface area contributed by atoms with Crippen LogP contribution in [0.5, 0.6) is 0 Å². The zero-order valence-electron chi connectivity index (χ0n) is 59.9. The molecule has 0 aromatic carbocycles. The van der Waals surface area contributed by atoms with Gasteiger partial charge < -0.3 is 33.8 Å². The molecule has 0 radical (unpaired) electrons. The third kappa shape index (κ3) is 67.6. The summed E-state index contributed by atoms with van der Waals surface area (Å²) in [4.78, 5) is 72.7. The van der Waals surface area contributed by atoms with E-state index in [1.165, 1.54) is 161 Å². The van der Waals surface area contributed by atoms with Crippen molar-refractivity contribution in [2.24, 2.45) is 0 Å². The third-order valence-corrected chi connectivity index (χ3v) is 18.2. The first-order valence-corrected chi connectivity index (χ1v) is 40.9. The van der Waals surface area contributed by atoms with Gasteiger partial charge in [0.05, 0.1) is 26.4 Å². The van der Waals surface area contributed by atoms with Crippen LogP contribution in [0.3, 0.4) is 0 Å². The highest BCUT2D eigenvalue weighted by Crippen LogP contribution is 2.45. The number of ether oxygens (including phenoxy) is 4. The van der Waals surface area contributed by atoms with Crippen molar-refractivity contribution in [2.45, 2.75) is 367 Å². The summed E-state index contributed by atoms with van der Waals surface area (Å²) >= 11 is 0. The van der Waals surface area contributed by atoms with Gasteiger partial charge in [-0.3, -0.25) is 37.3 Å². The smallest absolute Gasteiger partial charge is 0.462 e. The second kappa shape index (κ2) is 68.5. The number of phosphoric acid groups is 2. The maximum Gasteiger partial charge on any atom is 0.472 e. The van der Waals surface area contributed by atoms with E-state index in [2.05, 4.69) is 76.3 Å². The van der Waals surface area contributed by atoms with Crippen molar-refractivity contribution in [3.8, 4) is 0 Å². The van der Waals surface area contributed by atoms with Crippen LogP contribution in [0.25, 0.3) is 0 Å². The lowest BCUT2D eigenvalue weighted by molar-refractivity contribution is -0.161. The molecule has 0 fully saturated rings. The van der Waals surface area contributed by atoms with E-state index < -0.39 is 97.5 Å². The lowest BCUT2D eigenvalue weighted by Crippen LogP contribution is -2.30. The molecule has 0 aliphatic heterocycles. The van der Waals surface area contributed by atoms with Crippen LogP contribution in [-0.2, 0) is 65.4 Å². The van der Waals surface area contributed by atoms with E-state index in [1.807, 2.05) is 0 Å². The van der Waals surface area contributed by atoms with E-state index in [4.69, 9.17) is 37.0 Å². The Labute approximate surface area is 572 Å². The molecule has 0 rings (SSSR count). The Morgan fingerprint density at radius 1 is 0.309 bits per heavy atom. The summed E-state index contributed by atoms with van der Waals surface area (Å²) in [6.07, 6.45) is 63.9. The van der Waals surface area contributed by atoms with Crippen molar-refractivity contribution in [3.05, 3.63) is 48.6 Å². The molecule has 550 valence electrons. The molecule has 5 atom stereocenters. The Kier molecular flexibility index (Phi) is 66.4. The average Bonchev–Trinajstić information content (AvgIpc) is 1.67. The minimum absolute atomic E-state index is 0.0930. The van der Waals surface area contributed by atoms with Gasteiger partial charge in [0.25, 0.3) is 0 Å². The highest BCUT2D eigenvalue weighted by Gasteiger charge is 2.30. The topological polar surface area (TPSA) is 237 Å². The summed E-state index contributed by atoms with van der Waals surface area (Å²) in [5.74, 6) is -2.18. The minimum Gasteiger partial charge on any atom is -0.462 e. The summed E-state index contributed by atoms with van der Waals surface area (Å²) in [6.45, 7) is 4.77. The SMILES string of the molecule is CC/C=C\C/C=C\C/C=C\C/C=C\CCCCC(=O)OCC(COP(=O)(O)OCC(O)COP(=O)(O)OCC(COC(=O)CCCCCCCCCCCCCCC)OC(=O)CCCCCCCCCCCCCCC)OC(=O)CCCCCCCCCCCCCCC. The van der Waals surface area contributed by atoms with Crippen LogP contribution < -0.4 is 0 Å². The molecule has 0 aliphatic rings. The van der Waals surface area contributed by atoms with Gasteiger partial charge in [-0.15, -0.1) is 0 Å². The summed E-state index contributed by atoms with van der Waals surface area (Å²) in [6, 6.07) is 0. The standard InChI is InChI=1S/C75H138O17P2/c1-5-9-13-17-21-25-29-33-34-38-40-44-48-52-56-60-73(78)86-66-71(92-75(80)62-58-54-50-46-42-37-32-28-24-20-16-12-8-4)68-90-94(83,84)88-64-69(76)63-87-93(81,82)89-67-70(91-74(79)61-57-53-49-45-41-36-31-27-23-19-15-11-7-3)65-85-72(77)59-55-51-47-43-39-35-30-26-22-18-14-10-6-2/h9,13,21,25,33-34,40,44,69-71,76H,5-8,10-12,14-20,22-24,26-32,35-39,41-43,45-68H2,1-4H3,(H,81,82)(H,83,84)/b13-9-,25-21-,34-33-,44-40-. The van der Waals surface area contributed by atoms with Crippen molar-refractivity contribution < 1.29 is 80.2 Å². The number of hydrogen-bond acceptors (Lipinski definition) is 15. The lowest BCUT2D eigenvalue weighted by Gasteiger charge is -2.21. The van der Waals surface area contributed by atoms with Gasteiger partial charge >= 0.3 is 39.5 Å². The highest BCUT2D eigenvalue weighted by molar-refractivity contribution is 7.47. The highest BCUT2D eigenvalue weighted by atomic mass is 31.2. The molecule has 3 N–H and O–H groups in total. The number of carbonyl (C=O) groups is 4. The molecule has 0 amide bonds. The molecule has 94 heavy (non-hydrogen) atoms. The molecular formula is C75H138O17P2. The van der Waals surface area contributed by atoms with Gasteiger partial charge in [-0.05, 0) is 64.2 Å². The van der Waals surface area contributed by atoms with E-state index in [-0.39, 0.29) is 25.7 Å². The summed E-state index contributed by atoms with van der Waals surface area (Å²) in [7, 11) is -9.93. The van der Waals surface area contributed by atoms with E-state index >= 15 is 0 Å². The molecule has 0 heterocycles. The van der Waals surface area contributed by atoms with Gasteiger partial charge in [0.15, 0.2) is 12.2 Å². The van der Waals surface area contributed by atoms with E-state index in [1.54, 1.807) is 0 Å². The zero-order valence-corrected chi connectivity index (χ0v) is 61.7. The molecule has 5 unspecified atom stereocenters. The van der Waals surface area contributed by atoms with Crippen LogP contribution in [0, 0.1) is 0 Å². The minimum atomic E-state index is -4.97. The number of hydrogen-bond donors (Lipinski definition) is 3. The molecule has 0 saturated carbocycles. The second-order valence-corrected chi connectivity index (χ2v) is 28.5. The van der Waals surface area contributed by atoms with Gasteiger partial charge in [-0.1, -0.05) is 307 Å². The predicted molar refractivity (Wildman–Crippen MR) is 381 cm³/mol. The fraction of sp³-hybridized carbons (Fsp3) is 0.840. The molecule has 0 aliphatic carbocycles. The van der Waals surface area contributed by atoms with Crippen LogP contribution in [0.4, 0.5) is 0 Å². The Bertz CT molecular complexity index is 1980. The molecule has 0 saturated heterocycles. The van der Waals surface area contributed by atoms with Crippen molar-refractivity contribution in [3.63, 3.8) is 0 Å². The summed E-state index contributed by atoms with van der Waals surface area (Å²) in [5.41, 5.74) is 0. The van der Waals surface area contributed by atoms with Crippen molar-refractivity contribution >= 4 is 39.5 Å². The second-order valence-electron chi connectivity index (χ2n) is 25.6. The Balaban J connectivity index is 5.32. The number of rotatable bonds is 72. The van der Waals surface area contributed by atoms with Crippen LogP contribution >= 0.6 is 15.6 Å². The maximum atomic E-state index is 13.0. The van der Waals surface area contributed by atoms with E-state index in [0.29, 0.717) is 25.7 Å². The fourth-order valence-electron chi connectivity index (χ4n) is 10.6. The number of phosphoric ester groups is 2. The first-order chi connectivity index (χ1) is 45.7. The zero-order chi connectivity index (χ0) is 69.0. The Hall–Kier alpha value is -2.98. The predicted octanol–water partition coefficient (Wildman–Crippen LogP) is 21.3. The molecule has 0 aromatic heterocycles. The summed E-state index contributed by atoms with van der Waals surface area (Å²) < 4.78 is 68.4. The van der Waals surface area contributed by atoms with Crippen LogP contribution in [-0.4, -0.2) is 96.7 Å². The van der Waals surface area contributed by atoms with Gasteiger partial charge in [0.2, 0.25) is 0 Å². The molecule has 17 nitrogen and oxygen atoms in total. The Morgan fingerprint density at radius 2 is 0.553 bits per heavy atom. The molecule has 0 spiro atoms. The van der Waals surface area contributed by atoms with Gasteiger partial charge in [-0.2, -0.15) is 0 Å². The van der Waals surface area contributed by atoms with Gasteiger partial charge in [0, 0.05) is 25.7 Å². The number of unbranched alkanes of at least 4 members (excludes halogenated alkanes) is 38. The van der Waals surface area contributed by atoms with Crippen LogP contribution in [0.2, 0.25) is 0 Å². The lowest BCUT2D eigenvalue weighted by atomic mass is 10.0.